The topological polar surface area (TPSA) is 44.1 Å². The van der Waals surface area contributed by atoms with Crippen molar-refractivity contribution in [1.29, 1.82) is 0 Å². The van der Waals surface area contributed by atoms with Gasteiger partial charge in [0.25, 0.3) is 6.01 Å². The zero-order chi connectivity index (χ0) is 13.1. The molecule has 5 heteroatoms. The van der Waals surface area contributed by atoms with Gasteiger partial charge in [0.15, 0.2) is 6.29 Å². The molecule has 0 spiro atoms. The lowest BCUT2D eigenvalue weighted by Crippen LogP contribution is -2.11. The van der Waals surface area contributed by atoms with Crippen LogP contribution in [0.25, 0.3) is 0 Å². The molecular weight excluding hydrogens is 235 g/mol. The Morgan fingerprint density at radius 2 is 2.50 bits per heavy atom. The molecular formula is C13H13FN2O2. The van der Waals surface area contributed by atoms with Crippen LogP contribution in [0.4, 0.5) is 4.39 Å². The normalized spacial score (nSPS) is 19.3. The summed E-state index contributed by atoms with van der Waals surface area (Å²) in [4.78, 5) is 14.9. The van der Waals surface area contributed by atoms with E-state index < -0.39 is 0 Å². The lowest BCUT2D eigenvalue weighted by molar-refractivity contribution is 0.111. The van der Waals surface area contributed by atoms with Gasteiger partial charge in [-0.25, -0.2) is 9.37 Å². The van der Waals surface area contributed by atoms with Crippen LogP contribution in [0.15, 0.2) is 42.4 Å². The molecule has 0 fully saturated rings. The predicted octanol–water partition coefficient (Wildman–Crippen LogP) is 2.61. The maximum absolute atomic E-state index is 13.4. The summed E-state index contributed by atoms with van der Waals surface area (Å²) in [5.74, 6) is -0.385. The molecule has 2 rings (SSSR count). The van der Waals surface area contributed by atoms with Gasteiger partial charge in [-0.2, -0.15) is 0 Å². The number of hydrogen-bond donors (Lipinski definition) is 0. The minimum atomic E-state index is -0.385. The fourth-order valence-electron chi connectivity index (χ4n) is 1.90. The second-order valence-corrected chi connectivity index (χ2v) is 3.96. The number of imidazole rings is 1. The average molecular weight is 248 g/mol. The van der Waals surface area contributed by atoms with E-state index >= 15 is 0 Å². The second-order valence-electron chi connectivity index (χ2n) is 3.96. The van der Waals surface area contributed by atoms with Crippen molar-refractivity contribution in [3.63, 3.8) is 0 Å². The Bertz CT molecular complexity index is 543. The highest BCUT2D eigenvalue weighted by molar-refractivity contribution is 5.72. The van der Waals surface area contributed by atoms with Crippen molar-refractivity contribution in [2.24, 2.45) is 0 Å². The molecule has 0 bridgehead atoms. The first-order chi connectivity index (χ1) is 8.67. The van der Waals surface area contributed by atoms with E-state index in [0.29, 0.717) is 24.6 Å². The molecule has 1 unspecified atom stereocenters. The van der Waals surface area contributed by atoms with Gasteiger partial charge in [0.05, 0.1) is 12.2 Å². The number of rotatable bonds is 4. The summed E-state index contributed by atoms with van der Waals surface area (Å²) in [7, 11) is 0. The molecule has 1 aromatic heterocycles. The summed E-state index contributed by atoms with van der Waals surface area (Å²) >= 11 is 0. The van der Waals surface area contributed by atoms with E-state index in [1.807, 2.05) is 0 Å². The largest absolute Gasteiger partial charge is 0.462 e. The lowest BCUT2D eigenvalue weighted by atomic mass is 10.1. The van der Waals surface area contributed by atoms with Gasteiger partial charge in [0.2, 0.25) is 0 Å². The fourth-order valence-corrected chi connectivity index (χ4v) is 1.90. The molecule has 0 N–H and O–H groups in total. The van der Waals surface area contributed by atoms with Crippen LogP contribution in [-0.4, -0.2) is 22.4 Å². The van der Waals surface area contributed by atoms with Crippen molar-refractivity contribution in [3.8, 4) is 6.01 Å². The van der Waals surface area contributed by atoms with Crippen LogP contribution in [0.3, 0.4) is 0 Å². The molecule has 1 aliphatic heterocycles. The highest BCUT2D eigenvalue weighted by Gasteiger charge is 2.28. The minimum absolute atomic E-state index is 0.202. The maximum Gasteiger partial charge on any atom is 0.297 e. The predicted molar refractivity (Wildman–Crippen MR) is 65.3 cm³/mol. The zero-order valence-corrected chi connectivity index (χ0v) is 9.97. The Kier molecular flexibility index (Phi) is 3.41. The number of carbonyl (C=O) groups excluding carboxylic acids is 1. The molecule has 0 saturated carbocycles. The van der Waals surface area contributed by atoms with E-state index in [4.69, 9.17) is 4.74 Å². The van der Waals surface area contributed by atoms with Crippen LogP contribution in [0.2, 0.25) is 0 Å². The van der Waals surface area contributed by atoms with E-state index in [1.54, 1.807) is 11.5 Å². The molecule has 2 heterocycles. The first-order valence-corrected chi connectivity index (χ1v) is 5.49. The second kappa shape index (κ2) is 5.00. The van der Waals surface area contributed by atoms with Gasteiger partial charge in [-0.05, 0) is 24.6 Å². The molecule has 1 aliphatic rings. The van der Waals surface area contributed by atoms with E-state index in [1.165, 1.54) is 24.4 Å². The molecule has 94 valence electrons. The zero-order valence-electron chi connectivity index (χ0n) is 9.97. The van der Waals surface area contributed by atoms with E-state index in [9.17, 15) is 9.18 Å². The molecule has 1 aromatic rings. The van der Waals surface area contributed by atoms with Crippen molar-refractivity contribution < 1.29 is 13.9 Å². The number of halogens is 1. The molecule has 0 aliphatic carbocycles. The van der Waals surface area contributed by atoms with Gasteiger partial charge in [-0.15, -0.1) is 0 Å². The maximum atomic E-state index is 13.4. The average Bonchev–Trinajstić information content (AvgIpc) is 2.88. The van der Waals surface area contributed by atoms with Crippen LogP contribution in [0, 0.1) is 0 Å². The van der Waals surface area contributed by atoms with Crippen molar-refractivity contribution in [2.75, 3.05) is 6.61 Å². The van der Waals surface area contributed by atoms with Gasteiger partial charge in [-0.1, -0.05) is 12.7 Å². The van der Waals surface area contributed by atoms with Crippen molar-refractivity contribution in [2.45, 2.75) is 13.0 Å². The number of carbonyl (C=O) groups is 1. The Labute approximate surface area is 104 Å². The van der Waals surface area contributed by atoms with Gasteiger partial charge >= 0.3 is 0 Å². The Morgan fingerprint density at radius 1 is 1.72 bits per heavy atom. The van der Waals surface area contributed by atoms with Crippen LogP contribution < -0.4 is 4.74 Å². The first-order valence-electron chi connectivity index (χ1n) is 5.49. The van der Waals surface area contributed by atoms with Gasteiger partial charge in [-0.3, -0.25) is 9.36 Å². The third-order valence-corrected chi connectivity index (χ3v) is 2.76. The number of aldehydes is 1. The highest BCUT2D eigenvalue weighted by Crippen LogP contribution is 2.31. The molecule has 4 nitrogen and oxygen atoms in total. The van der Waals surface area contributed by atoms with Gasteiger partial charge < -0.3 is 4.74 Å². The summed E-state index contributed by atoms with van der Waals surface area (Å²) in [5.41, 5.74) is 1.18. The number of aromatic nitrogens is 2. The van der Waals surface area contributed by atoms with Gasteiger partial charge in [0.1, 0.15) is 18.1 Å². The summed E-state index contributed by atoms with van der Waals surface area (Å²) in [6, 6.07) is 0.189. The monoisotopic (exact) mass is 248 g/mol. The van der Waals surface area contributed by atoms with E-state index in [-0.39, 0.29) is 11.9 Å². The number of hydrogen-bond acceptors (Lipinski definition) is 3. The highest BCUT2D eigenvalue weighted by atomic mass is 19.1. The minimum Gasteiger partial charge on any atom is -0.462 e. The number of ether oxygens (including phenoxy) is 1. The van der Waals surface area contributed by atoms with Crippen molar-refractivity contribution >= 4 is 6.29 Å². The van der Waals surface area contributed by atoms with Crippen LogP contribution in [0.5, 0.6) is 6.01 Å². The summed E-state index contributed by atoms with van der Waals surface area (Å²) < 4.78 is 20.4. The first kappa shape index (κ1) is 12.3. The fraction of sp³-hybridized carbons (Fsp3) is 0.231. The summed E-state index contributed by atoms with van der Waals surface area (Å²) in [6.07, 6.45) is 6.21. The molecule has 0 amide bonds. The van der Waals surface area contributed by atoms with Crippen LogP contribution >= 0.6 is 0 Å². The molecule has 0 aromatic carbocycles. The third-order valence-electron chi connectivity index (χ3n) is 2.76. The van der Waals surface area contributed by atoms with Gasteiger partial charge in [0, 0.05) is 0 Å². The quantitative estimate of drug-likeness (QED) is 0.607. The lowest BCUT2D eigenvalue weighted by Gasteiger charge is -2.11. The Hall–Kier alpha value is -2.17. The summed E-state index contributed by atoms with van der Waals surface area (Å²) in [5, 5.41) is 0. The van der Waals surface area contributed by atoms with Crippen molar-refractivity contribution in [3.05, 3.63) is 48.1 Å². The molecule has 18 heavy (non-hydrogen) atoms. The Balaban J connectivity index is 2.33. The molecule has 1 atom stereocenters. The molecule has 0 radical (unpaired) electrons. The number of nitrogens with zero attached hydrogens (tertiary/aromatic N) is 2. The standard InChI is InChI=1S/C13H13FN2O2/c1-3-4-10(14)5-9(2)12-8-18-13-15-6-11(7-17)16(12)13/h3-7,12H,1,8H2,2H3/b9-5+,10-4+. The Morgan fingerprint density at radius 3 is 3.17 bits per heavy atom. The van der Waals surface area contributed by atoms with Crippen molar-refractivity contribution in [1.82, 2.24) is 9.55 Å². The number of fused-ring (bicyclic) bond motifs is 1. The SMILES string of the molecule is C=C/C=C(F)\C=C(/C)C1COc2ncc(C=O)n21. The van der Waals surface area contributed by atoms with E-state index in [0.717, 1.165) is 5.57 Å². The van der Waals surface area contributed by atoms with Crippen LogP contribution in [-0.2, 0) is 0 Å². The number of allylic oxidation sites excluding steroid dienone is 4. The van der Waals surface area contributed by atoms with Crippen LogP contribution in [0.1, 0.15) is 23.5 Å². The smallest absolute Gasteiger partial charge is 0.297 e. The third kappa shape index (κ3) is 2.11. The molecule has 0 saturated heterocycles. The summed E-state index contributed by atoms with van der Waals surface area (Å²) in [6.45, 7) is 5.57. The van der Waals surface area contributed by atoms with E-state index in [2.05, 4.69) is 11.6 Å².